The molecular weight excluding hydrogens is 176 g/mol. The lowest BCUT2D eigenvalue weighted by Gasteiger charge is -2.03. The molecule has 0 bridgehead atoms. The molecule has 2 heterocycles. The molecule has 1 fully saturated rings. The smallest absolute Gasteiger partial charge is 0.105 e. The molecular formula is C8H10OS2. The topological polar surface area (TPSA) is 13.1 Å². The summed E-state index contributed by atoms with van der Waals surface area (Å²) in [5.74, 6) is 3.73. The van der Waals surface area contributed by atoms with E-state index in [0.29, 0.717) is 0 Å². The predicted molar refractivity (Wildman–Crippen MR) is 51.1 cm³/mol. The van der Waals surface area contributed by atoms with Crippen LogP contribution in [0.15, 0.2) is 22.8 Å². The third kappa shape index (κ3) is 1.97. The van der Waals surface area contributed by atoms with Gasteiger partial charge in [-0.05, 0) is 12.1 Å². The van der Waals surface area contributed by atoms with Gasteiger partial charge in [0, 0.05) is 17.9 Å². The molecule has 0 radical (unpaired) electrons. The van der Waals surface area contributed by atoms with E-state index in [2.05, 4.69) is 6.07 Å². The van der Waals surface area contributed by atoms with Crippen molar-refractivity contribution < 1.29 is 4.42 Å². The average molecular weight is 186 g/mol. The Kier molecular flexibility index (Phi) is 2.48. The monoisotopic (exact) mass is 186 g/mol. The maximum Gasteiger partial charge on any atom is 0.105 e. The summed E-state index contributed by atoms with van der Waals surface area (Å²) >= 11 is 4.09. The first-order chi connectivity index (χ1) is 5.45. The summed E-state index contributed by atoms with van der Waals surface area (Å²) in [5, 5.41) is 0. The highest BCUT2D eigenvalue weighted by atomic mass is 32.2. The number of thioether (sulfide) groups is 2. The van der Waals surface area contributed by atoms with Gasteiger partial charge < -0.3 is 4.42 Å². The maximum absolute atomic E-state index is 5.27. The Morgan fingerprint density at radius 1 is 1.45 bits per heavy atom. The zero-order valence-electron chi connectivity index (χ0n) is 6.16. The molecule has 11 heavy (non-hydrogen) atoms. The maximum atomic E-state index is 5.27. The molecule has 1 aliphatic heterocycles. The molecule has 0 spiro atoms. The van der Waals surface area contributed by atoms with E-state index in [-0.39, 0.29) is 0 Å². The van der Waals surface area contributed by atoms with Crippen molar-refractivity contribution in [3.63, 3.8) is 0 Å². The summed E-state index contributed by atoms with van der Waals surface area (Å²) in [6, 6.07) is 4.01. The highest BCUT2D eigenvalue weighted by Gasteiger charge is 2.17. The van der Waals surface area contributed by atoms with E-state index in [4.69, 9.17) is 4.42 Å². The zero-order valence-corrected chi connectivity index (χ0v) is 7.79. The number of hydrogen-bond donors (Lipinski definition) is 0. The van der Waals surface area contributed by atoms with Crippen molar-refractivity contribution in [2.45, 2.75) is 11.0 Å². The molecule has 0 saturated carbocycles. The second-order valence-electron chi connectivity index (χ2n) is 2.45. The molecule has 2 rings (SSSR count). The van der Waals surface area contributed by atoms with Crippen LogP contribution in [0.1, 0.15) is 5.76 Å². The Morgan fingerprint density at radius 2 is 2.27 bits per heavy atom. The van der Waals surface area contributed by atoms with Gasteiger partial charge in [0.15, 0.2) is 0 Å². The molecule has 0 unspecified atom stereocenters. The molecule has 0 aromatic carbocycles. The summed E-state index contributed by atoms with van der Waals surface area (Å²) in [5.41, 5.74) is 0. The van der Waals surface area contributed by atoms with Gasteiger partial charge in [-0.2, -0.15) is 0 Å². The zero-order chi connectivity index (χ0) is 7.52. The molecule has 1 nitrogen and oxygen atoms in total. The number of rotatable bonds is 2. The normalized spacial score (nSPS) is 19.3. The summed E-state index contributed by atoms with van der Waals surface area (Å²) in [6.07, 6.45) is 2.84. The van der Waals surface area contributed by atoms with Gasteiger partial charge in [0.1, 0.15) is 5.76 Å². The molecule has 0 N–H and O–H groups in total. The van der Waals surface area contributed by atoms with Crippen molar-refractivity contribution in [1.82, 2.24) is 0 Å². The van der Waals surface area contributed by atoms with E-state index in [0.717, 1.165) is 16.8 Å². The van der Waals surface area contributed by atoms with E-state index in [9.17, 15) is 0 Å². The van der Waals surface area contributed by atoms with Crippen LogP contribution in [0, 0.1) is 0 Å². The predicted octanol–water partition coefficient (Wildman–Crippen LogP) is 2.63. The first kappa shape index (κ1) is 7.62. The molecule has 3 heteroatoms. The number of furan rings is 1. The van der Waals surface area contributed by atoms with Crippen molar-refractivity contribution in [3.05, 3.63) is 24.2 Å². The van der Waals surface area contributed by atoms with Gasteiger partial charge in [0.25, 0.3) is 0 Å². The minimum Gasteiger partial charge on any atom is -0.469 e. The van der Waals surface area contributed by atoms with Gasteiger partial charge in [-0.25, -0.2) is 0 Å². The number of hydrogen-bond acceptors (Lipinski definition) is 3. The quantitative estimate of drug-likeness (QED) is 0.705. The van der Waals surface area contributed by atoms with E-state index < -0.39 is 0 Å². The molecule has 1 saturated heterocycles. The molecule has 60 valence electrons. The van der Waals surface area contributed by atoms with Crippen LogP contribution in [-0.2, 0) is 6.42 Å². The van der Waals surface area contributed by atoms with E-state index in [1.807, 2.05) is 29.6 Å². The van der Waals surface area contributed by atoms with E-state index in [1.54, 1.807) is 6.26 Å². The van der Waals surface area contributed by atoms with Gasteiger partial charge in [0.05, 0.1) is 10.8 Å². The van der Waals surface area contributed by atoms with Crippen LogP contribution in [0.25, 0.3) is 0 Å². The highest BCUT2D eigenvalue weighted by Crippen LogP contribution is 2.34. The van der Waals surface area contributed by atoms with Gasteiger partial charge in [0.2, 0.25) is 0 Å². The first-order valence-electron chi connectivity index (χ1n) is 3.71. The fourth-order valence-electron chi connectivity index (χ4n) is 1.12. The van der Waals surface area contributed by atoms with Gasteiger partial charge in [-0.15, -0.1) is 23.5 Å². The summed E-state index contributed by atoms with van der Waals surface area (Å²) in [4.78, 5) is 0. The highest BCUT2D eigenvalue weighted by molar-refractivity contribution is 8.20. The van der Waals surface area contributed by atoms with Gasteiger partial charge >= 0.3 is 0 Å². The van der Waals surface area contributed by atoms with Crippen LogP contribution in [0.3, 0.4) is 0 Å². The van der Waals surface area contributed by atoms with Crippen LogP contribution < -0.4 is 0 Å². The SMILES string of the molecule is c1coc(CC2SCCS2)c1. The van der Waals surface area contributed by atoms with Crippen LogP contribution in [-0.4, -0.2) is 16.1 Å². The summed E-state index contributed by atoms with van der Waals surface area (Å²) in [7, 11) is 0. The van der Waals surface area contributed by atoms with Crippen LogP contribution in [0.2, 0.25) is 0 Å². The minimum absolute atomic E-state index is 0.737. The van der Waals surface area contributed by atoms with Gasteiger partial charge in [-0.3, -0.25) is 0 Å². The van der Waals surface area contributed by atoms with Crippen molar-refractivity contribution in [2.24, 2.45) is 0 Å². The fourth-order valence-corrected chi connectivity index (χ4v) is 3.94. The van der Waals surface area contributed by atoms with Crippen molar-refractivity contribution >= 4 is 23.5 Å². The van der Waals surface area contributed by atoms with Crippen molar-refractivity contribution in [2.75, 3.05) is 11.5 Å². The third-order valence-corrected chi connectivity index (χ3v) is 4.67. The molecule has 0 amide bonds. The van der Waals surface area contributed by atoms with Gasteiger partial charge in [-0.1, -0.05) is 0 Å². The molecule has 1 aliphatic rings. The van der Waals surface area contributed by atoms with Crippen LogP contribution >= 0.6 is 23.5 Å². The Balaban J connectivity index is 1.90. The standard InChI is InChI=1S/C8H10OS2/c1-2-7(9-3-1)6-8-10-4-5-11-8/h1-3,8H,4-6H2. The third-order valence-electron chi connectivity index (χ3n) is 1.64. The molecule has 1 aromatic rings. The Morgan fingerprint density at radius 3 is 2.91 bits per heavy atom. The fraction of sp³-hybridized carbons (Fsp3) is 0.500. The summed E-state index contributed by atoms with van der Waals surface area (Å²) < 4.78 is 6.01. The van der Waals surface area contributed by atoms with E-state index in [1.165, 1.54) is 11.5 Å². The average Bonchev–Trinajstić information content (AvgIpc) is 2.60. The molecule has 0 atom stereocenters. The Labute approximate surface area is 74.9 Å². The largest absolute Gasteiger partial charge is 0.469 e. The minimum atomic E-state index is 0.737. The van der Waals surface area contributed by atoms with Crippen LogP contribution in [0.5, 0.6) is 0 Å². The second-order valence-corrected chi connectivity index (χ2v) is 5.37. The second kappa shape index (κ2) is 3.59. The molecule has 0 aliphatic carbocycles. The lowest BCUT2D eigenvalue weighted by Crippen LogP contribution is -1.95. The lowest BCUT2D eigenvalue weighted by molar-refractivity contribution is 0.515. The van der Waals surface area contributed by atoms with Crippen molar-refractivity contribution in [3.8, 4) is 0 Å². The van der Waals surface area contributed by atoms with Crippen molar-refractivity contribution in [1.29, 1.82) is 0 Å². The summed E-state index contributed by atoms with van der Waals surface area (Å²) in [6.45, 7) is 0. The van der Waals surface area contributed by atoms with E-state index >= 15 is 0 Å². The lowest BCUT2D eigenvalue weighted by atomic mass is 10.4. The molecule has 1 aromatic heterocycles. The first-order valence-corrected chi connectivity index (χ1v) is 5.80. The van der Waals surface area contributed by atoms with Crippen LogP contribution in [0.4, 0.5) is 0 Å². The Hall–Kier alpha value is -0.0200. The Bertz CT molecular complexity index is 202.